The zero-order valence-electron chi connectivity index (χ0n) is 19.2. The summed E-state index contributed by atoms with van der Waals surface area (Å²) in [6.45, 7) is 0. The quantitative estimate of drug-likeness (QED) is 0.337. The summed E-state index contributed by atoms with van der Waals surface area (Å²) in [5.74, 6) is 1.86. The molecule has 0 fully saturated rings. The molecule has 0 spiro atoms. The molecule has 176 valence electrons. The van der Waals surface area contributed by atoms with Crippen molar-refractivity contribution in [2.75, 3.05) is 26.6 Å². The summed E-state index contributed by atoms with van der Waals surface area (Å²) in [5, 5.41) is 4.78. The first-order valence-electron chi connectivity index (χ1n) is 10.5. The first-order valence-corrected chi connectivity index (χ1v) is 11.3. The zero-order valence-corrected chi connectivity index (χ0v) is 20.0. The van der Waals surface area contributed by atoms with Crippen molar-refractivity contribution < 1.29 is 19.0 Å². The number of thiazole rings is 1. The summed E-state index contributed by atoms with van der Waals surface area (Å²) in [6.07, 6.45) is 1.49. The minimum absolute atomic E-state index is 0.391. The van der Waals surface area contributed by atoms with Gasteiger partial charge in [0.1, 0.15) is 17.9 Å². The predicted molar refractivity (Wildman–Crippen MR) is 136 cm³/mol. The Morgan fingerprint density at radius 3 is 2.40 bits per heavy atom. The van der Waals surface area contributed by atoms with E-state index in [4.69, 9.17) is 24.9 Å². The van der Waals surface area contributed by atoms with Crippen molar-refractivity contribution in [3.8, 4) is 28.4 Å². The number of nitrogens with zero attached hydrogens (tertiary/aromatic N) is 3. The third-order valence-electron chi connectivity index (χ3n) is 5.55. The summed E-state index contributed by atoms with van der Waals surface area (Å²) in [4.78, 5) is 25.0. The largest absolute Gasteiger partial charge is 0.496 e. The average molecular weight is 488 g/mol. The van der Waals surface area contributed by atoms with Crippen molar-refractivity contribution in [1.29, 1.82) is 0 Å². The van der Waals surface area contributed by atoms with Crippen LogP contribution < -0.4 is 25.3 Å². The minimum atomic E-state index is -0.503. The molecule has 0 saturated heterocycles. The molecule has 1 amide bonds. The minimum Gasteiger partial charge on any atom is -0.496 e. The molecule has 0 saturated carbocycles. The van der Waals surface area contributed by atoms with E-state index < -0.39 is 5.91 Å². The van der Waals surface area contributed by atoms with Gasteiger partial charge in [0.2, 0.25) is 5.91 Å². The second kappa shape index (κ2) is 9.07. The number of aromatic nitrogens is 3. The Bertz CT molecular complexity index is 1580. The Kier molecular flexibility index (Phi) is 5.79. The van der Waals surface area contributed by atoms with E-state index in [1.165, 1.54) is 17.7 Å². The van der Waals surface area contributed by atoms with Crippen LogP contribution in [-0.4, -0.2) is 42.2 Å². The van der Waals surface area contributed by atoms with E-state index in [2.05, 4.69) is 15.3 Å². The third-order valence-corrected chi connectivity index (χ3v) is 6.49. The lowest BCUT2D eigenvalue weighted by molar-refractivity contribution is 0.1000. The fourth-order valence-corrected chi connectivity index (χ4v) is 4.72. The second-order valence-corrected chi connectivity index (χ2v) is 8.58. The van der Waals surface area contributed by atoms with Crippen LogP contribution in [0.2, 0.25) is 0 Å². The van der Waals surface area contributed by atoms with Crippen LogP contribution in [0.1, 0.15) is 10.4 Å². The molecule has 2 aromatic heterocycles. The Morgan fingerprint density at radius 1 is 0.886 bits per heavy atom. The monoisotopic (exact) mass is 487 g/mol. The highest BCUT2D eigenvalue weighted by Gasteiger charge is 2.14. The van der Waals surface area contributed by atoms with Gasteiger partial charge in [-0.1, -0.05) is 17.4 Å². The average Bonchev–Trinajstić information content (AvgIpc) is 3.29. The number of hydrogen-bond donors (Lipinski definition) is 2. The Morgan fingerprint density at radius 2 is 1.66 bits per heavy atom. The summed E-state index contributed by atoms with van der Waals surface area (Å²) in [7, 11) is 4.73. The van der Waals surface area contributed by atoms with Crippen molar-refractivity contribution in [3.05, 3.63) is 60.4 Å². The molecule has 0 unspecified atom stereocenters. The lowest BCUT2D eigenvalue weighted by atomic mass is 10.0. The molecule has 2 heterocycles. The maximum absolute atomic E-state index is 11.5. The molecule has 10 heteroatoms. The van der Waals surface area contributed by atoms with Crippen LogP contribution in [0.3, 0.4) is 0 Å². The fourth-order valence-electron chi connectivity index (χ4n) is 3.81. The summed E-state index contributed by atoms with van der Waals surface area (Å²) in [5.41, 5.74) is 9.14. The number of nitrogens with two attached hydrogens (primary N) is 1. The summed E-state index contributed by atoms with van der Waals surface area (Å²) < 4.78 is 17.3. The van der Waals surface area contributed by atoms with Crippen LogP contribution in [0.15, 0.2) is 54.9 Å². The molecule has 0 atom stereocenters. The SMILES string of the molecule is COc1cc2ncnc(Nc3nc4ccc(-c5ccc(C(N)=O)cc5OC)cc4s3)c2cc1OC. The smallest absolute Gasteiger partial charge is 0.248 e. The number of hydrogen-bond acceptors (Lipinski definition) is 9. The maximum Gasteiger partial charge on any atom is 0.248 e. The standard InChI is InChI=1S/C25H21N5O4S/c1-32-19-8-14(23(26)31)4-6-15(19)13-5-7-17-22(9-13)35-25(29-17)30-24-16-10-20(33-2)21(34-3)11-18(16)27-12-28-24/h4-12H,1-3H3,(H2,26,31)(H,27,28,29,30). The predicted octanol–water partition coefficient (Wildman–Crippen LogP) is 4.77. The maximum atomic E-state index is 11.5. The van der Waals surface area contributed by atoms with Crippen molar-refractivity contribution in [1.82, 2.24) is 15.0 Å². The number of benzene rings is 3. The number of carbonyl (C=O) groups excluding carboxylic acids is 1. The van der Waals surface area contributed by atoms with Gasteiger partial charge in [-0.15, -0.1) is 0 Å². The first kappa shape index (κ1) is 22.4. The van der Waals surface area contributed by atoms with E-state index in [0.29, 0.717) is 33.8 Å². The van der Waals surface area contributed by atoms with Crippen molar-refractivity contribution in [2.45, 2.75) is 0 Å². The van der Waals surface area contributed by atoms with E-state index in [1.54, 1.807) is 33.5 Å². The topological polar surface area (TPSA) is 121 Å². The van der Waals surface area contributed by atoms with Gasteiger partial charge in [-0.05, 0) is 42.0 Å². The number of methoxy groups -OCH3 is 3. The van der Waals surface area contributed by atoms with Crippen LogP contribution in [0.5, 0.6) is 17.2 Å². The number of carbonyl (C=O) groups is 1. The Hall–Kier alpha value is -4.44. The highest BCUT2D eigenvalue weighted by atomic mass is 32.1. The lowest BCUT2D eigenvalue weighted by Gasteiger charge is -2.11. The number of ether oxygens (including phenoxy) is 3. The van der Waals surface area contributed by atoms with Crippen LogP contribution in [0.25, 0.3) is 32.2 Å². The molecular weight excluding hydrogens is 466 g/mol. The molecule has 3 N–H and O–H groups in total. The van der Waals surface area contributed by atoms with Crippen LogP contribution >= 0.6 is 11.3 Å². The van der Waals surface area contributed by atoms with Gasteiger partial charge < -0.3 is 25.3 Å². The number of rotatable bonds is 7. The molecule has 9 nitrogen and oxygen atoms in total. The molecule has 5 rings (SSSR count). The van der Waals surface area contributed by atoms with Gasteiger partial charge in [-0.3, -0.25) is 4.79 Å². The molecule has 0 aliphatic heterocycles. The zero-order chi connectivity index (χ0) is 24.5. The van der Waals surface area contributed by atoms with Crippen LogP contribution in [0.4, 0.5) is 10.9 Å². The normalized spacial score (nSPS) is 10.9. The number of nitrogens with one attached hydrogen (secondary N) is 1. The van der Waals surface area contributed by atoms with Crippen LogP contribution in [0, 0.1) is 0 Å². The molecule has 5 aromatic rings. The summed E-state index contributed by atoms with van der Waals surface area (Å²) >= 11 is 1.50. The highest BCUT2D eigenvalue weighted by Crippen LogP contribution is 2.38. The van der Waals surface area contributed by atoms with Gasteiger partial charge in [0, 0.05) is 22.6 Å². The van der Waals surface area contributed by atoms with Crippen molar-refractivity contribution >= 4 is 49.3 Å². The number of primary amides is 1. The van der Waals surface area contributed by atoms with Gasteiger partial charge in [-0.2, -0.15) is 0 Å². The van der Waals surface area contributed by atoms with Gasteiger partial charge in [-0.25, -0.2) is 15.0 Å². The fraction of sp³-hybridized carbons (Fsp3) is 0.120. The van der Waals surface area contributed by atoms with E-state index in [-0.39, 0.29) is 0 Å². The van der Waals surface area contributed by atoms with E-state index in [1.807, 2.05) is 36.4 Å². The Balaban J connectivity index is 1.51. The number of amides is 1. The summed E-state index contributed by atoms with van der Waals surface area (Å²) in [6, 6.07) is 14.7. The third kappa shape index (κ3) is 4.15. The molecule has 0 aliphatic rings. The number of fused-ring (bicyclic) bond motifs is 2. The molecule has 35 heavy (non-hydrogen) atoms. The molecular formula is C25H21N5O4S. The van der Waals surface area contributed by atoms with Gasteiger partial charge >= 0.3 is 0 Å². The Labute approximate surface area is 204 Å². The van der Waals surface area contributed by atoms with E-state index >= 15 is 0 Å². The molecule has 0 bridgehead atoms. The van der Waals surface area contributed by atoms with Crippen molar-refractivity contribution in [3.63, 3.8) is 0 Å². The lowest BCUT2D eigenvalue weighted by Crippen LogP contribution is -2.10. The van der Waals surface area contributed by atoms with E-state index in [9.17, 15) is 4.79 Å². The van der Waals surface area contributed by atoms with Crippen LogP contribution in [-0.2, 0) is 0 Å². The molecule has 0 radical (unpaired) electrons. The molecule has 3 aromatic carbocycles. The second-order valence-electron chi connectivity index (χ2n) is 7.55. The van der Waals surface area contributed by atoms with Crippen molar-refractivity contribution in [2.24, 2.45) is 5.73 Å². The van der Waals surface area contributed by atoms with E-state index in [0.717, 1.165) is 32.2 Å². The van der Waals surface area contributed by atoms with Gasteiger partial charge in [0.05, 0.1) is 37.1 Å². The number of anilines is 2. The van der Waals surface area contributed by atoms with Gasteiger partial charge in [0.15, 0.2) is 16.6 Å². The highest BCUT2D eigenvalue weighted by molar-refractivity contribution is 7.22. The molecule has 0 aliphatic carbocycles. The first-order chi connectivity index (χ1) is 17.0. The van der Waals surface area contributed by atoms with Gasteiger partial charge in [0.25, 0.3) is 0 Å².